The number of carbonyl (C=O) groups is 2. The number of Topliss-reactive ketones (excluding diaryl/α,β-unsaturated/α-hetero) is 1. The maximum atomic E-state index is 12.0. The van der Waals surface area contributed by atoms with E-state index in [4.69, 9.17) is 10.2 Å². The molecule has 1 heterocycles. The highest BCUT2D eigenvalue weighted by Crippen LogP contribution is 2.23. The Bertz CT molecular complexity index is 617. The van der Waals surface area contributed by atoms with Crippen LogP contribution < -0.4 is 16.7 Å². The van der Waals surface area contributed by atoms with Crippen molar-refractivity contribution in [3.05, 3.63) is 40.1 Å². The van der Waals surface area contributed by atoms with Crippen molar-refractivity contribution in [1.29, 1.82) is 0 Å². The summed E-state index contributed by atoms with van der Waals surface area (Å²) >= 11 is 0. The zero-order valence-corrected chi connectivity index (χ0v) is 13.1. The second-order valence-electron chi connectivity index (χ2n) is 5.45. The van der Waals surface area contributed by atoms with Crippen LogP contribution in [-0.2, 0) is 4.79 Å². The molecule has 0 aliphatic heterocycles. The van der Waals surface area contributed by atoms with Crippen LogP contribution in [0.4, 0.5) is 5.69 Å². The first kappa shape index (κ1) is 17.7. The van der Waals surface area contributed by atoms with E-state index in [1.807, 2.05) is 13.0 Å². The second-order valence-corrected chi connectivity index (χ2v) is 5.45. The number of allylic oxidation sites excluding steroid dienone is 1. The van der Waals surface area contributed by atoms with Crippen LogP contribution in [0.2, 0.25) is 0 Å². The predicted octanol–water partition coefficient (Wildman–Crippen LogP) is 2.20. The minimum atomic E-state index is -0.682. The first-order chi connectivity index (χ1) is 10.4. The van der Waals surface area contributed by atoms with Crippen molar-refractivity contribution in [2.24, 2.45) is 5.92 Å². The summed E-state index contributed by atoms with van der Waals surface area (Å²) in [4.78, 5) is 34.0. The van der Waals surface area contributed by atoms with Gasteiger partial charge in [-0.1, -0.05) is 26.8 Å². The van der Waals surface area contributed by atoms with Crippen molar-refractivity contribution in [2.45, 2.75) is 39.5 Å². The lowest BCUT2D eigenvalue weighted by Crippen LogP contribution is -2.21. The van der Waals surface area contributed by atoms with Gasteiger partial charge in [-0.25, -0.2) is 4.79 Å². The molecule has 22 heavy (non-hydrogen) atoms. The SMILES string of the molecule is CC(C)C(=O)c1c(N)cc(C(C)CC/C=C/NC=O)oc1=O. The summed E-state index contributed by atoms with van der Waals surface area (Å²) in [6.45, 7) is 5.32. The molecular formula is C16H22N2O4. The molecule has 0 spiro atoms. The van der Waals surface area contributed by atoms with E-state index in [9.17, 15) is 14.4 Å². The Balaban J connectivity index is 2.87. The monoisotopic (exact) mass is 306 g/mol. The lowest BCUT2D eigenvalue weighted by molar-refractivity contribution is -0.108. The fourth-order valence-corrected chi connectivity index (χ4v) is 1.98. The lowest BCUT2D eigenvalue weighted by Gasteiger charge is -2.12. The largest absolute Gasteiger partial charge is 0.427 e. The molecule has 6 heteroatoms. The van der Waals surface area contributed by atoms with Crippen LogP contribution in [0.25, 0.3) is 0 Å². The predicted molar refractivity (Wildman–Crippen MR) is 84.5 cm³/mol. The Hall–Kier alpha value is -2.37. The zero-order valence-electron chi connectivity index (χ0n) is 13.1. The molecule has 0 bridgehead atoms. The van der Waals surface area contributed by atoms with Gasteiger partial charge in [-0.3, -0.25) is 9.59 Å². The van der Waals surface area contributed by atoms with Crippen LogP contribution in [-0.4, -0.2) is 12.2 Å². The van der Waals surface area contributed by atoms with Gasteiger partial charge in [-0.05, 0) is 19.0 Å². The summed E-state index contributed by atoms with van der Waals surface area (Å²) in [5, 5.41) is 2.42. The van der Waals surface area contributed by atoms with E-state index < -0.39 is 5.63 Å². The molecule has 0 fully saturated rings. The maximum Gasteiger partial charge on any atom is 0.348 e. The summed E-state index contributed by atoms with van der Waals surface area (Å²) in [6.07, 6.45) is 5.37. The molecule has 1 aromatic rings. The van der Waals surface area contributed by atoms with Gasteiger partial charge in [0.2, 0.25) is 6.41 Å². The number of hydrogen-bond donors (Lipinski definition) is 2. The van der Waals surface area contributed by atoms with Gasteiger partial charge in [0.15, 0.2) is 5.78 Å². The van der Waals surface area contributed by atoms with Gasteiger partial charge in [-0.2, -0.15) is 0 Å². The van der Waals surface area contributed by atoms with Crippen LogP contribution >= 0.6 is 0 Å². The third kappa shape index (κ3) is 4.58. The Labute approximate surface area is 129 Å². The van der Waals surface area contributed by atoms with Gasteiger partial charge in [0.25, 0.3) is 0 Å². The molecule has 0 aromatic carbocycles. The van der Waals surface area contributed by atoms with E-state index in [1.54, 1.807) is 26.1 Å². The molecule has 0 aliphatic carbocycles. The van der Waals surface area contributed by atoms with Gasteiger partial charge in [0, 0.05) is 17.9 Å². The van der Waals surface area contributed by atoms with Gasteiger partial charge >= 0.3 is 5.63 Å². The van der Waals surface area contributed by atoms with Gasteiger partial charge in [0.1, 0.15) is 11.3 Å². The molecule has 0 saturated heterocycles. The van der Waals surface area contributed by atoms with Gasteiger partial charge in [0.05, 0.1) is 5.69 Å². The molecule has 0 radical (unpaired) electrons. The van der Waals surface area contributed by atoms with Crippen LogP contribution in [0, 0.1) is 5.92 Å². The number of carbonyl (C=O) groups excluding carboxylic acids is 2. The van der Waals surface area contributed by atoms with Crippen LogP contribution in [0.5, 0.6) is 0 Å². The minimum absolute atomic E-state index is 0.0286. The van der Waals surface area contributed by atoms with Crippen molar-refractivity contribution in [1.82, 2.24) is 5.32 Å². The Morgan fingerprint density at radius 1 is 1.41 bits per heavy atom. The lowest BCUT2D eigenvalue weighted by atomic mass is 9.98. The number of nitrogen functional groups attached to an aromatic ring is 1. The normalized spacial score (nSPS) is 12.5. The topological polar surface area (TPSA) is 102 Å². The highest BCUT2D eigenvalue weighted by molar-refractivity contribution is 6.01. The van der Waals surface area contributed by atoms with E-state index in [2.05, 4.69) is 5.32 Å². The van der Waals surface area contributed by atoms with Gasteiger partial charge < -0.3 is 15.5 Å². The zero-order chi connectivity index (χ0) is 16.7. The molecule has 6 nitrogen and oxygen atoms in total. The molecular weight excluding hydrogens is 284 g/mol. The number of nitrogens with one attached hydrogen (secondary N) is 1. The van der Waals surface area contributed by atoms with Crippen molar-refractivity contribution in [3.63, 3.8) is 0 Å². The second kappa shape index (κ2) is 8.17. The summed E-state index contributed by atoms with van der Waals surface area (Å²) in [6, 6.07) is 1.55. The molecule has 1 aromatic heterocycles. The van der Waals surface area contributed by atoms with E-state index in [-0.39, 0.29) is 28.9 Å². The molecule has 1 amide bonds. The average molecular weight is 306 g/mol. The molecule has 1 unspecified atom stereocenters. The number of anilines is 1. The fraction of sp³-hybridized carbons (Fsp3) is 0.438. The van der Waals surface area contributed by atoms with Crippen molar-refractivity contribution in [3.8, 4) is 0 Å². The summed E-state index contributed by atoms with van der Waals surface area (Å²) in [5.41, 5.74) is 5.26. The Kier molecular flexibility index (Phi) is 6.56. The standard InChI is InChI=1S/C16H22N2O4/c1-10(2)15(20)14-12(17)8-13(22-16(14)21)11(3)6-4-5-7-18-9-19/h5,7-11H,4,6,17H2,1-3H3,(H,18,19)/b7-5+. The first-order valence-electron chi connectivity index (χ1n) is 7.20. The Morgan fingerprint density at radius 3 is 2.64 bits per heavy atom. The van der Waals surface area contributed by atoms with Crippen LogP contribution in [0.1, 0.15) is 55.6 Å². The van der Waals surface area contributed by atoms with E-state index in [0.717, 1.165) is 6.42 Å². The fourth-order valence-electron chi connectivity index (χ4n) is 1.98. The molecule has 0 saturated carbocycles. The third-order valence-electron chi connectivity index (χ3n) is 3.31. The molecule has 1 rings (SSSR count). The molecule has 1 atom stereocenters. The summed E-state index contributed by atoms with van der Waals surface area (Å²) < 4.78 is 5.25. The van der Waals surface area contributed by atoms with Crippen molar-refractivity contribution in [2.75, 3.05) is 5.73 Å². The van der Waals surface area contributed by atoms with E-state index in [0.29, 0.717) is 18.6 Å². The molecule has 120 valence electrons. The first-order valence-corrected chi connectivity index (χ1v) is 7.20. The average Bonchev–Trinajstić information content (AvgIpc) is 2.45. The quantitative estimate of drug-likeness (QED) is 0.566. The smallest absolute Gasteiger partial charge is 0.348 e. The summed E-state index contributed by atoms with van der Waals surface area (Å²) in [5.74, 6) is -0.198. The van der Waals surface area contributed by atoms with Gasteiger partial charge in [-0.15, -0.1) is 0 Å². The summed E-state index contributed by atoms with van der Waals surface area (Å²) in [7, 11) is 0. The number of ketones is 1. The highest BCUT2D eigenvalue weighted by Gasteiger charge is 2.21. The van der Waals surface area contributed by atoms with Crippen LogP contribution in [0.15, 0.2) is 27.6 Å². The number of rotatable bonds is 8. The number of amides is 1. The highest BCUT2D eigenvalue weighted by atomic mass is 16.4. The number of nitrogens with two attached hydrogens (primary N) is 1. The minimum Gasteiger partial charge on any atom is -0.427 e. The van der Waals surface area contributed by atoms with Crippen molar-refractivity contribution < 1.29 is 14.0 Å². The molecule has 0 aliphatic rings. The molecule has 3 N–H and O–H groups in total. The Morgan fingerprint density at radius 2 is 2.09 bits per heavy atom. The third-order valence-corrected chi connectivity index (χ3v) is 3.31. The maximum absolute atomic E-state index is 12.0. The van der Waals surface area contributed by atoms with Crippen LogP contribution in [0.3, 0.4) is 0 Å². The number of hydrogen-bond acceptors (Lipinski definition) is 5. The van der Waals surface area contributed by atoms with Crippen molar-refractivity contribution >= 4 is 17.9 Å². The van der Waals surface area contributed by atoms with E-state index >= 15 is 0 Å². The van der Waals surface area contributed by atoms with E-state index in [1.165, 1.54) is 0 Å².